The molecule has 194 valence electrons. The van der Waals surface area contributed by atoms with Crippen molar-refractivity contribution in [2.24, 2.45) is 0 Å². The van der Waals surface area contributed by atoms with Gasteiger partial charge in [-0.15, -0.1) is 0 Å². The predicted molar refractivity (Wildman–Crippen MR) is 156 cm³/mol. The van der Waals surface area contributed by atoms with Crippen molar-refractivity contribution in [2.75, 3.05) is 6.54 Å². The lowest BCUT2D eigenvalue weighted by Crippen LogP contribution is -2.36. The molecule has 4 rings (SSSR count). The van der Waals surface area contributed by atoms with Crippen molar-refractivity contribution in [3.8, 4) is 22.4 Å². The number of hydrogen-bond acceptors (Lipinski definition) is 3. The van der Waals surface area contributed by atoms with Crippen LogP contribution in [0.3, 0.4) is 0 Å². The second-order valence-corrected chi connectivity index (χ2v) is 16.8. The Morgan fingerprint density at radius 1 is 1.08 bits per heavy atom. The second-order valence-electron chi connectivity index (χ2n) is 11.8. The van der Waals surface area contributed by atoms with Gasteiger partial charge < -0.3 is 9.72 Å². The number of imidazole rings is 1. The Morgan fingerprint density at radius 3 is 2.54 bits per heavy atom. The molecule has 1 saturated heterocycles. The Balaban J connectivity index is 1.62. The molecule has 1 N–H and O–H groups in total. The molecule has 1 aliphatic rings. The fourth-order valence-corrected chi connectivity index (χ4v) is 5.17. The van der Waals surface area contributed by atoms with Gasteiger partial charge in [-0.05, 0) is 56.4 Å². The first kappa shape index (κ1) is 26.7. The average molecular weight is 514 g/mol. The Bertz CT molecular complexity index is 1280. The quantitative estimate of drug-likeness (QED) is 0.267. The molecule has 1 aromatic heterocycles. The number of amides is 1. The van der Waals surface area contributed by atoms with Crippen molar-refractivity contribution in [3.05, 3.63) is 84.0 Å². The van der Waals surface area contributed by atoms with Gasteiger partial charge >= 0.3 is 6.09 Å². The van der Waals surface area contributed by atoms with E-state index < -0.39 is 13.7 Å². The van der Waals surface area contributed by atoms with Crippen molar-refractivity contribution in [2.45, 2.75) is 64.9 Å². The monoisotopic (exact) mass is 513 g/mol. The van der Waals surface area contributed by atoms with E-state index in [-0.39, 0.29) is 12.1 Å². The molecule has 0 spiro atoms. The number of aromatic nitrogens is 2. The van der Waals surface area contributed by atoms with E-state index in [4.69, 9.17) is 4.74 Å². The predicted octanol–water partition coefficient (Wildman–Crippen LogP) is 8.26. The maximum atomic E-state index is 12.8. The Hall–Kier alpha value is -3.38. The SMILES string of the molecule is CC(C)(C)OC(=O)N1CCC[C@H]1c1ncc(-c2ccc(C=CC=C[Si](C)(C)C)c(-c3ccccc3)c2)[nH]1. The maximum Gasteiger partial charge on any atom is 0.410 e. The number of nitrogens with zero attached hydrogens (tertiary/aromatic N) is 2. The van der Waals surface area contributed by atoms with E-state index in [1.807, 2.05) is 33.0 Å². The van der Waals surface area contributed by atoms with Gasteiger partial charge in [0.1, 0.15) is 11.4 Å². The first-order valence-corrected chi connectivity index (χ1v) is 16.7. The molecule has 5 nitrogen and oxygen atoms in total. The van der Waals surface area contributed by atoms with Crippen molar-refractivity contribution >= 4 is 20.2 Å². The number of likely N-dealkylation sites (tertiary alicyclic amines) is 1. The normalized spacial score (nSPS) is 16.7. The molecule has 37 heavy (non-hydrogen) atoms. The summed E-state index contributed by atoms with van der Waals surface area (Å²) in [5, 5.41) is 0. The molecule has 1 amide bonds. The smallest absolute Gasteiger partial charge is 0.410 e. The topological polar surface area (TPSA) is 58.2 Å². The van der Waals surface area contributed by atoms with Crippen LogP contribution < -0.4 is 0 Å². The van der Waals surface area contributed by atoms with Gasteiger partial charge in [0.25, 0.3) is 0 Å². The summed E-state index contributed by atoms with van der Waals surface area (Å²) in [6.45, 7) is 13.4. The van der Waals surface area contributed by atoms with Crippen LogP contribution in [0.1, 0.15) is 51.0 Å². The van der Waals surface area contributed by atoms with Crippen molar-refractivity contribution < 1.29 is 9.53 Å². The molecular formula is C31H39N3O2Si. The highest BCUT2D eigenvalue weighted by Crippen LogP contribution is 2.34. The maximum absolute atomic E-state index is 12.8. The van der Waals surface area contributed by atoms with E-state index in [0.29, 0.717) is 6.54 Å². The van der Waals surface area contributed by atoms with Crippen LogP contribution in [-0.4, -0.2) is 41.2 Å². The van der Waals surface area contributed by atoms with E-state index >= 15 is 0 Å². The molecule has 0 bridgehead atoms. The standard InChI is InChI=1S/C31H39N3O2Si/c1-31(2,3)36-30(35)34-19-12-16-28(34)29-32-22-27(33-29)25-18-17-24(15-10-11-20-37(4,5)6)26(21-25)23-13-8-7-9-14-23/h7-11,13-15,17-18,20-22,28H,12,16,19H2,1-6H3,(H,32,33)/t28-/m0/s1. The molecule has 0 unspecified atom stereocenters. The highest BCUT2D eigenvalue weighted by atomic mass is 28.3. The van der Waals surface area contributed by atoms with Crippen LogP contribution in [0.2, 0.25) is 19.6 Å². The second kappa shape index (κ2) is 10.9. The Labute approximate surface area is 222 Å². The summed E-state index contributed by atoms with van der Waals surface area (Å²) < 4.78 is 5.64. The summed E-state index contributed by atoms with van der Waals surface area (Å²) >= 11 is 0. The van der Waals surface area contributed by atoms with Gasteiger partial charge in [0, 0.05) is 12.1 Å². The van der Waals surface area contributed by atoms with E-state index in [1.165, 1.54) is 16.7 Å². The number of hydrogen-bond donors (Lipinski definition) is 1. The molecule has 1 fully saturated rings. The van der Waals surface area contributed by atoms with Gasteiger partial charge in [0.2, 0.25) is 0 Å². The van der Waals surface area contributed by atoms with Crippen molar-refractivity contribution in [1.82, 2.24) is 14.9 Å². The highest BCUT2D eigenvalue weighted by molar-refractivity contribution is 6.81. The first-order chi connectivity index (χ1) is 17.5. The number of ether oxygens (including phenoxy) is 1. The number of nitrogens with one attached hydrogen (secondary N) is 1. The van der Waals surface area contributed by atoms with Gasteiger partial charge in [-0.2, -0.15) is 0 Å². The third kappa shape index (κ3) is 7.10. The molecule has 1 atom stereocenters. The average Bonchev–Trinajstić information content (AvgIpc) is 3.50. The van der Waals surface area contributed by atoms with Crippen LogP contribution in [0.25, 0.3) is 28.5 Å². The summed E-state index contributed by atoms with van der Waals surface area (Å²) in [7, 11) is -1.23. The van der Waals surface area contributed by atoms with E-state index in [9.17, 15) is 4.79 Å². The number of carbonyl (C=O) groups is 1. The number of H-pyrrole nitrogens is 1. The molecule has 3 aromatic rings. The number of allylic oxidation sites excluding steroid dienone is 2. The zero-order valence-corrected chi connectivity index (χ0v) is 23.9. The third-order valence-corrected chi connectivity index (χ3v) is 7.42. The van der Waals surface area contributed by atoms with Gasteiger partial charge in [0.05, 0.1) is 26.0 Å². The zero-order chi connectivity index (χ0) is 26.6. The van der Waals surface area contributed by atoms with Crippen LogP contribution in [-0.2, 0) is 4.74 Å². The minimum atomic E-state index is -1.23. The van der Waals surface area contributed by atoms with Crippen LogP contribution >= 0.6 is 0 Å². The first-order valence-electron chi connectivity index (χ1n) is 13.1. The number of rotatable bonds is 6. The molecule has 6 heteroatoms. The fraction of sp³-hybridized carbons (Fsp3) is 0.355. The lowest BCUT2D eigenvalue weighted by Gasteiger charge is -2.27. The number of aromatic amines is 1. The number of benzene rings is 2. The van der Waals surface area contributed by atoms with Crippen LogP contribution in [0.5, 0.6) is 0 Å². The lowest BCUT2D eigenvalue weighted by molar-refractivity contribution is 0.0218. The summed E-state index contributed by atoms with van der Waals surface area (Å²) in [5.41, 5.74) is 7.34. The minimum absolute atomic E-state index is 0.0995. The van der Waals surface area contributed by atoms with Crippen LogP contribution in [0, 0.1) is 0 Å². The number of carbonyl (C=O) groups excluding carboxylic acids is 1. The zero-order valence-electron chi connectivity index (χ0n) is 22.9. The summed E-state index contributed by atoms with van der Waals surface area (Å²) in [6, 6.07) is 16.9. The summed E-state index contributed by atoms with van der Waals surface area (Å²) in [4.78, 5) is 22.8. The molecule has 0 aliphatic carbocycles. The Morgan fingerprint density at radius 2 is 1.84 bits per heavy atom. The molecular weight excluding hydrogens is 474 g/mol. The molecule has 2 aromatic carbocycles. The van der Waals surface area contributed by atoms with Crippen molar-refractivity contribution in [1.29, 1.82) is 0 Å². The van der Waals surface area contributed by atoms with Gasteiger partial charge in [-0.3, -0.25) is 4.90 Å². The van der Waals surface area contributed by atoms with Gasteiger partial charge in [-0.25, -0.2) is 9.78 Å². The third-order valence-electron chi connectivity index (χ3n) is 6.22. The molecule has 1 aliphatic heterocycles. The van der Waals surface area contributed by atoms with Crippen molar-refractivity contribution in [3.63, 3.8) is 0 Å². The summed E-state index contributed by atoms with van der Waals surface area (Å²) in [6.07, 6.45) is 9.89. The highest BCUT2D eigenvalue weighted by Gasteiger charge is 2.34. The fourth-order valence-electron chi connectivity index (χ4n) is 4.48. The van der Waals surface area contributed by atoms with Gasteiger partial charge in [0.15, 0.2) is 0 Å². The molecule has 2 heterocycles. The van der Waals surface area contributed by atoms with E-state index in [1.54, 1.807) is 4.90 Å². The van der Waals surface area contributed by atoms with E-state index in [0.717, 1.165) is 29.9 Å². The van der Waals surface area contributed by atoms with Gasteiger partial charge in [-0.1, -0.05) is 86.0 Å². The van der Waals surface area contributed by atoms with E-state index in [2.05, 4.69) is 96.0 Å². The van der Waals surface area contributed by atoms with Crippen LogP contribution in [0.15, 0.2) is 72.6 Å². The lowest BCUT2D eigenvalue weighted by atomic mass is 9.96. The molecule has 0 saturated carbocycles. The Kier molecular flexibility index (Phi) is 7.88. The largest absolute Gasteiger partial charge is 0.444 e. The molecule has 0 radical (unpaired) electrons. The summed E-state index contributed by atoms with van der Waals surface area (Å²) in [5.74, 6) is 0.806. The minimum Gasteiger partial charge on any atom is -0.444 e. The van der Waals surface area contributed by atoms with Crippen LogP contribution in [0.4, 0.5) is 4.79 Å².